The Morgan fingerprint density at radius 2 is 1.67 bits per heavy atom. The first-order valence-electron chi connectivity index (χ1n) is 10.9. The summed E-state index contributed by atoms with van der Waals surface area (Å²) in [4.78, 5) is 42.9. The molecule has 0 N–H and O–H groups in total. The van der Waals surface area contributed by atoms with Crippen molar-refractivity contribution < 1.29 is 14.4 Å². The van der Waals surface area contributed by atoms with Gasteiger partial charge in [0.15, 0.2) is 5.78 Å². The number of ketones is 1. The second kappa shape index (κ2) is 7.71. The van der Waals surface area contributed by atoms with Crippen molar-refractivity contribution in [3.63, 3.8) is 0 Å². The van der Waals surface area contributed by atoms with Crippen LogP contribution in [0.3, 0.4) is 0 Å². The van der Waals surface area contributed by atoms with Crippen LogP contribution in [0.15, 0.2) is 48.5 Å². The zero-order valence-electron chi connectivity index (χ0n) is 17.0. The van der Waals surface area contributed by atoms with E-state index in [0.29, 0.717) is 25.2 Å². The van der Waals surface area contributed by atoms with Gasteiger partial charge in [0.25, 0.3) is 5.91 Å². The smallest absolute Gasteiger partial charge is 0.254 e. The fraction of sp³-hybridized carbons (Fsp3) is 0.400. The summed E-state index contributed by atoms with van der Waals surface area (Å²) < 4.78 is 0. The van der Waals surface area contributed by atoms with E-state index < -0.39 is 6.04 Å². The van der Waals surface area contributed by atoms with Crippen molar-refractivity contribution in [3.8, 4) is 11.1 Å². The molecule has 0 aromatic heterocycles. The van der Waals surface area contributed by atoms with Crippen molar-refractivity contribution in [3.05, 3.63) is 59.7 Å². The van der Waals surface area contributed by atoms with Gasteiger partial charge >= 0.3 is 0 Å². The maximum absolute atomic E-state index is 13.4. The van der Waals surface area contributed by atoms with Gasteiger partial charge in [0, 0.05) is 37.5 Å². The van der Waals surface area contributed by atoms with Gasteiger partial charge in [-0.1, -0.05) is 55.3 Å². The summed E-state index contributed by atoms with van der Waals surface area (Å²) in [6.45, 7) is 1.26. The van der Waals surface area contributed by atoms with Gasteiger partial charge in [0.2, 0.25) is 5.91 Å². The number of benzene rings is 2. The van der Waals surface area contributed by atoms with Gasteiger partial charge in [-0.25, -0.2) is 0 Å². The van der Waals surface area contributed by atoms with Gasteiger partial charge in [-0.05, 0) is 35.6 Å². The molecule has 2 aromatic rings. The molecule has 0 spiro atoms. The number of amides is 2. The lowest BCUT2D eigenvalue weighted by molar-refractivity contribution is -0.139. The summed E-state index contributed by atoms with van der Waals surface area (Å²) in [5.74, 6) is 0.198. The lowest BCUT2D eigenvalue weighted by atomic mass is 9.96. The molecule has 5 nitrogen and oxygen atoms in total. The second-order valence-electron chi connectivity index (χ2n) is 8.66. The molecule has 5 rings (SSSR count). The first kappa shape index (κ1) is 19.0. The minimum absolute atomic E-state index is 0.0264. The minimum Gasteiger partial charge on any atom is -0.338 e. The number of carbonyl (C=O) groups is 3. The van der Waals surface area contributed by atoms with Crippen molar-refractivity contribution in [2.24, 2.45) is 5.92 Å². The molecule has 0 unspecified atom stereocenters. The molecular formula is C25H26N2O3. The van der Waals surface area contributed by atoms with Crippen LogP contribution in [-0.2, 0) is 16.0 Å². The molecular weight excluding hydrogens is 376 g/mol. The van der Waals surface area contributed by atoms with Crippen molar-refractivity contribution in [1.29, 1.82) is 0 Å². The predicted octanol–water partition coefficient (Wildman–Crippen LogP) is 3.32. The highest BCUT2D eigenvalue weighted by Crippen LogP contribution is 2.30. The Hall–Kier alpha value is -2.95. The molecule has 2 aliphatic heterocycles. The Morgan fingerprint density at radius 3 is 2.43 bits per heavy atom. The third kappa shape index (κ3) is 3.32. The summed E-state index contributed by atoms with van der Waals surface area (Å²) >= 11 is 0. The summed E-state index contributed by atoms with van der Waals surface area (Å²) in [6, 6.07) is 15.2. The first-order valence-corrected chi connectivity index (χ1v) is 10.9. The van der Waals surface area contributed by atoms with Crippen LogP contribution >= 0.6 is 0 Å². The molecule has 1 saturated carbocycles. The van der Waals surface area contributed by atoms with E-state index in [9.17, 15) is 14.4 Å². The van der Waals surface area contributed by atoms with Crippen molar-refractivity contribution in [2.45, 2.75) is 38.1 Å². The van der Waals surface area contributed by atoms with Crippen LogP contribution in [0.5, 0.6) is 0 Å². The van der Waals surface area contributed by atoms with Crippen LogP contribution in [0.1, 0.15) is 41.6 Å². The van der Waals surface area contributed by atoms with Crippen molar-refractivity contribution in [1.82, 2.24) is 9.80 Å². The zero-order valence-corrected chi connectivity index (χ0v) is 17.0. The number of hydrogen-bond acceptors (Lipinski definition) is 3. The van der Waals surface area contributed by atoms with Gasteiger partial charge in [-0.15, -0.1) is 0 Å². The molecule has 2 fully saturated rings. The highest BCUT2D eigenvalue weighted by Gasteiger charge is 2.41. The fourth-order valence-corrected chi connectivity index (χ4v) is 5.13. The highest BCUT2D eigenvalue weighted by atomic mass is 16.2. The van der Waals surface area contributed by atoms with E-state index in [4.69, 9.17) is 0 Å². The van der Waals surface area contributed by atoms with Crippen LogP contribution in [0.2, 0.25) is 0 Å². The van der Waals surface area contributed by atoms with Crippen molar-refractivity contribution >= 4 is 17.6 Å². The molecule has 1 aliphatic carbocycles. The standard InChI is InChI=1S/C25H26N2O3/c28-23-15-20-11-10-19(17-6-2-1-3-7-17)14-21(20)25(30)27-13-12-26(16-22(23)27)24(29)18-8-4-5-9-18/h1-3,6-7,10-11,14,18,22H,4-5,8-9,12-13,15-16H2/t22-/m0/s1. The Labute approximate surface area is 176 Å². The molecule has 1 atom stereocenters. The number of hydrogen-bond donors (Lipinski definition) is 0. The van der Waals surface area contributed by atoms with Gasteiger partial charge < -0.3 is 9.80 Å². The molecule has 0 bridgehead atoms. The second-order valence-corrected chi connectivity index (χ2v) is 8.66. The van der Waals surface area contributed by atoms with Crippen LogP contribution in [-0.4, -0.2) is 53.1 Å². The lowest BCUT2D eigenvalue weighted by Crippen LogP contribution is -2.59. The third-order valence-electron chi connectivity index (χ3n) is 6.84. The van der Waals surface area contributed by atoms with E-state index in [1.54, 1.807) is 4.90 Å². The predicted molar refractivity (Wildman–Crippen MR) is 114 cm³/mol. The van der Waals surface area contributed by atoms with E-state index in [0.717, 1.165) is 42.4 Å². The Kier molecular flexibility index (Phi) is 4.89. The molecule has 30 heavy (non-hydrogen) atoms. The summed E-state index contributed by atoms with van der Waals surface area (Å²) in [5, 5.41) is 0. The van der Waals surface area contributed by atoms with Crippen LogP contribution in [0.25, 0.3) is 11.1 Å². The van der Waals surface area contributed by atoms with E-state index in [1.807, 2.05) is 53.4 Å². The monoisotopic (exact) mass is 402 g/mol. The average molecular weight is 402 g/mol. The minimum atomic E-state index is -0.538. The van der Waals surface area contributed by atoms with Gasteiger partial charge in [0.05, 0.1) is 0 Å². The Bertz CT molecular complexity index is 995. The molecule has 5 heteroatoms. The van der Waals surface area contributed by atoms with Crippen LogP contribution in [0.4, 0.5) is 0 Å². The largest absolute Gasteiger partial charge is 0.338 e. The molecule has 3 aliphatic rings. The Morgan fingerprint density at radius 1 is 0.900 bits per heavy atom. The van der Waals surface area contributed by atoms with Crippen LogP contribution < -0.4 is 0 Å². The quantitative estimate of drug-likeness (QED) is 0.774. The van der Waals surface area contributed by atoms with E-state index in [-0.39, 0.29) is 29.9 Å². The van der Waals surface area contributed by atoms with Gasteiger partial charge in [0.1, 0.15) is 6.04 Å². The zero-order chi connectivity index (χ0) is 20.7. The summed E-state index contributed by atoms with van der Waals surface area (Å²) in [6.07, 6.45) is 4.35. The fourth-order valence-electron chi connectivity index (χ4n) is 5.13. The number of nitrogens with zero attached hydrogens (tertiary/aromatic N) is 2. The molecule has 0 radical (unpaired) electrons. The number of Topliss-reactive ketones (excluding diaryl/α,β-unsaturated/α-hetero) is 1. The van der Waals surface area contributed by atoms with Crippen molar-refractivity contribution in [2.75, 3.05) is 19.6 Å². The van der Waals surface area contributed by atoms with E-state index in [1.165, 1.54) is 0 Å². The van der Waals surface area contributed by atoms with E-state index >= 15 is 0 Å². The molecule has 2 aromatic carbocycles. The maximum atomic E-state index is 13.4. The molecule has 154 valence electrons. The number of carbonyl (C=O) groups excluding carboxylic acids is 3. The highest BCUT2D eigenvalue weighted by molar-refractivity contribution is 6.04. The van der Waals surface area contributed by atoms with E-state index in [2.05, 4.69) is 0 Å². The van der Waals surface area contributed by atoms with Gasteiger partial charge in [-0.3, -0.25) is 14.4 Å². The number of piperazine rings is 1. The maximum Gasteiger partial charge on any atom is 0.254 e. The lowest BCUT2D eigenvalue weighted by Gasteiger charge is -2.40. The first-order chi connectivity index (χ1) is 14.6. The van der Waals surface area contributed by atoms with Crippen LogP contribution in [0, 0.1) is 5.92 Å². The molecule has 2 amide bonds. The average Bonchev–Trinajstić information content (AvgIpc) is 3.30. The molecule has 2 heterocycles. The summed E-state index contributed by atoms with van der Waals surface area (Å²) in [5.41, 5.74) is 3.42. The van der Waals surface area contributed by atoms with Gasteiger partial charge in [-0.2, -0.15) is 0 Å². The normalized spacial score (nSPS) is 21.9. The topological polar surface area (TPSA) is 57.7 Å². The summed E-state index contributed by atoms with van der Waals surface area (Å²) in [7, 11) is 0. The third-order valence-corrected chi connectivity index (χ3v) is 6.84. The number of rotatable bonds is 2. The molecule has 1 saturated heterocycles. The Balaban J connectivity index is 1.42. The number of fused-ring (bicyclic) bond motifs is 2. The SMILES string of the molecule is O=C1Cc2ccc(-c3ccccc3)cc2C(=O)N2CCN(C(=O)C3CCCC3)C[C@@H]12.